The minimum absolute atomic E-state index is 0.0659. The average molecular weight is 518 g/mol. The van der Waals surface area contributed by atoms with Crippen LogP contribution in [0.1, 0.15) is 63.9 Å². The second-order valence-electron chi connectivity index (χ2n) is 11.9. The van der Waals surface area contributed by atoms with Gasteiger partial charge in [-0.3, -0.25) is 14.9 Å². The number of nitrogens with one attached hydrogen (secondary N) is 1. The smallest absolute Gasteiger partial charge is 0.319 e. The summed E-state index contributed by atoms with van der Waals surface area (Å²) < 4.78 is 22.7. The minimum Gasteiger partial charge on any atom is -0.461 e. The lowest BCUT2D eigenvalue weighted by Crippen LogP contribution is -2.51. The Bertz CT molecular complexity index is 1340. The molecule has 0 amide bonds. The van der Waals surface area contributed by atoms with Crippen molar-refractivity contribution in [2.24, 2.45) is 0 Å². The maximum Gasteiger partial charge on any atom is 0.319 e. The van der Waals surface area contributed by atoms with Crippen LogP contribution < -0.4 is 15.0 Å². The van der Waals surface area contributed by atoms with Crippen molar-refractivity contribution in [2.45, 2.75) is 75.9 Å². The Morgan fingerprint density at radius 3 is 2.61 bits per heavy atom. The van der Waals surface area contributed by atoms with E-state index in [9.17, 15) is 0 Å². The molecule has 38 heavy (non-hydrogen) atoms. The number of pyridine rings is 2. The van der Waals surface area contributed by atoms with Gasteiger partial charge >= 0.3 is 6.01 Å². The normalized spacial score (nSPS) is 24.5. The monoisotopic (exact) mass is 517 g/mol. The largest absolute Gasteiger partial charge is 0.461 e. The van der Waals surface area contributed by atoms with E-state index in [-0.39, 0.29) is 28.7 Å². The van der Waals surface area contributed by atoms with E-state index in [1.165, 1.54) is 12.8 Å². The minimum atomic E-state index is -0.439. The van der Waals surface area contributed by atoms with E-state index in [0.29, 0.717) is 29.6 Å². The summed E-state index contributed by atoms with van der Waals surface area (Å²) in [7, 11) is 0. The molecule has 2 atom stereocenters. The van der Waals surface area contributed by atoms with E-state index in [0.717, 1.165) is 63.2 Å². The molecular formula is C29H36FN7O. The maximum atomic E-state index is 16.4. The van der Waals surface area contributed by atoms with Gasteiger partial charge in [0.25, 0.3) is 0 Å². The molecule has 0 saturated carbocycles. The van der Waals surface area contributed by atoms with Gasteiger partial charge in [0.15, 0.2) is 5.82 Å². The summed E-state index contributed by atoms with van der Waals surface area (Å²) in [4.78, 5) is 23.3. The first-order chi connectivity index (χ1) is 18.5. The van der Waals surface area contributed by atoms with Crippen LogP contribution >= 0.6 is 0 Å². The topological polar surface area (TPSA) is 79.3 Å². The van der Waals surface area contributed by atoms with Crippen LogP contribution in [-0.4, -0.2) is 75.2 Å². The molecule has 1 N–H and O–H groups in total. The third-order valence-corrected chi connectivity index (χ3v) is 9.17. The van der Waals surface area contributed by atoms with E-state index in [2.05, 4.69) is 43.9 Å². The van der Waals surface area contributed by atoms with Gasteiger partial charge < -0.3 is 15.0 Å². The second kappa shape index (κ2) is 9.38. The summed E-state index contributed by atoms with van der Waals surface area (Å²) in [5, 5.41) is 4.32. The molecule has 4 aliphatic heterocycles. The lowest BCUT2D eigenvalue weighted by atomic mass is 9.95. The van der Waals surface area contributed by atoms with Gasteiger partial charge in [-0.25, -0.2) is 4.39 Å². The number of nitrogens with zero attached hydrogens (tertiary/aromatic N) is 6. The highest BCUT2D eigenvalue weighted by Crippen LogP contribution is 2.40. The zero-order valence-electron chi connectivity index (χ0n) is 22.3. The van der Waals surface area contributed by atoms with Crippen LogP contribution in [0.25, 0.3) is 22.2 Å². The van der Waals surface area contributed by atoms with Crippen LogP contribution in [0.5, 0.6) is 6.01 Å². The molecule has 0 unspecified atom stereocenters. The molecular weight excluding hydrogens is 481 g/mol. The summed E-state index contributed by atoms with van der Waals surface area (Å²) in [5.74, 6) is 0.496. The Hall–Kier alpha value is -2.91. The summed E-state index contributed by atoms with van der Waals surface area (Å²) >= 11 is 0. The molecule has 0 aliphatic carbocycles. The van der Waals surface area contributed by atoms with Crippen molar-refractivity contribution in [3.63, 3.8) is 0 Å². The zero-order chi connectivity index (χ0) is 25.9. The number of aromatic nitrogens is 4. The summed E-state index contributed by atoms with van der Waals surface area (Å²) in [6.45, 7) is 8.67. The van der Waals surface area contributed by atoms with E-state index in [1.54, 1.807) is 18.6 Å². The second-order valence-corrected chi connectivity index (χ2v) is 11.9. The molecule has 4 fully saturated rings. The van der Waals surface area contributed by atoms with Crippen molar-refractivity contribution >= 4 is 16.7 Å². The molecule has 2 bridgehead atoms. The highest BCUT2D eigenvalue weighted by Gasteiger charge is 2.45. The maximum absolute atomic E-state index is 16.4. The molecule has 8 nitrogen and oxygen atoms in total. The van der Waals surface area contributed by atoms with E-state index in [1.807, 2.05) is 6.07 Å². The first-order valence-electron chi connectivity index (χ1n) is 14.2. The SMILES string of the molecule is CC(C)c1ccncc1-c1ncc2c(N3C[C@H]4CC[C@@H](C3)N4)nc(OCC34CCCN3CCC4)nc2c1F. The van der Waals surface area contributed by atoms with Crippen LogP contribution in [0.4, 0.5) is 10.2 Å². The number of fused-ring (bicyclic) bond motifs is 4. The first kappa shape index (κ1) is 24.2. The predicted molar refractivity (Wildman–Crippen MR) is 145 cm³/mol. The Morgan fingerprint density at radius 1 is 1.11 bits per heavy atom. The van der Waals surface area contributed by atoms with Crippen LogP contribution in [0.2, 0.25) is 0 Å². The molecule has 7 heterocycles. The number of halogens is 1. The number of piperazine rings is 1. The van der Waals surface area contributed by atoms with Gasteiger partial charge in [-0.15, -0.1) is 0 Å². The number of anilines is 1. The van der Waals surface area contributed by atoms with Gasteiger partial charge in [0, 0.05) is 49.3 Å². The Balaban J connectivity index is 1.32. The summed E-state index contributed by atoms with van der Waals surface area (Å²) in [5.41, 5.74) is 2.33. The molecule has 9 heteroatoms. The van der Waals surface area contributed by atoms with Crippen molar-refractivity contribution in [1.29, 1.82) is 0 Å². The molecule has 0 aromatic carbocycles. The highest BCUT2D eigenvalue weighted by molar-refractivity contribution is 5.92. The van der Waals surface area contributed by atoms with Crippen molar-refractivity contribution < 1.29 is 9.13 Å². The van der Waals surface area contributed by atoms with Crippen molar-refractivity contribution in [1.82, 2.24) is 30.2 Å². The van der Waals surface area contributed by atoms with Gasteiger partial charge in [-0.05, 0) is 69.2 Å². The quantitative estimate of drug-likeness (QED) is 0.519. The molecule has 4 saturated heterocycles. The van der Waals surface area contributed by atoms with E-state index >= 15 is 4.39 Å². The lowest BCUT2D eigenvalue weighted by Gasteiger charge is -2.34. The third-order valence-electron chi connectivity index (χ3n) is 9.17. The van der Waals surface area contributed by atoms with E-state index < -0.39 is 5.82 Å². The van der Waals surface area contributed by atoms with Crippen molar-refractivity contribution in [3.8, 4) is 17.3 Å². The van der Waals surface area contributed by atoms with Crippen molar-refractivity contribution in [2.75, 3.05) is 37.7 Å². The van der Waals surface area contributed by atoms with Gasteiger partial charge in [0.05, 0.1) is 10.9 Å². The first-order valence-corrected chi connectivity index (χ1v) is 14.2. The Kier molecular flexibility index (Phi) is 5.96. The molecule has 0 radical (unpaired) electrons. The van der Waals surface area contributed by atoms with Crippen molar-refractivity contribution in [3.05, 3.63) is 36.0 Å². The highest BCUT2D eigenvalue weighted by atomic mass is 19.1. The number of ether oxygens (including phenoxy) is 1. The van der Waals surface area contributed by atoms with Crippen LogP contribution in [0.3, 0.4) is 0 Å². The molecule has 4 aliphatic rings. The average Bonchev–Trinajstić information content (AvgIpc) is 3.61. The van der Waals surface area contributed by atoms with Gasteiger partial charge in [0.2, 0.25) is 0 Å². The van der Waals surface area contributed by atoms with Gasteiger partial charge in [0.1, 0.15) is 23.6 Å². The van der Waals surface area contributed by atoms with Crippen LogP contribution in [0, 0.1) is 5.82 Å². The third kappa shape index (κ3) is 4.02. The fraction of sp³-hybridized carbons (Fsp3) is 0.586. The Labute approximate surface area is 223 Å². The number of hydrogen-bond acceptors (Lipinski definition) is 8. The fourth-order valence-corrected chi connectivity index (χ4v) is 7.25. The number of hydrogen-bond donors (Lipinski definition) is 1. The molecule has 3 aromatic rings. The zero-order valence-corrected chi connectivity index (χ0v) is 22.3. The standard InChI is InChI=1S/C29H36FN7O/c1-18(2)21-7-10-31-13-22(21)25-24(30)26-23(14-32-25)27(36-15-19-5-6-20(16-36)33-19)35-28(34-26)38-17-29-8-3-11-37(29)12-4-9-29/h7,10,13-14,18-20,33H,3-6,8-9,11-12,15-17H2,1-2H3/t19-,20+. The van der Waals surface area contributed by atoms with Crippen LogP contribution in [0.15, 0.2) is 24.7 Å². The lowest BCUT2D eigenvalue weighted by molar-refractivity contribution is 0.108. The molecule has 0 spiro atoms. The summed E-state index contributed by atoms with van der Waals surface area (Å²) in [6.07, 6.45) is 12.2. The molecule has 7 rings (SSSR count). The summed E-state index contributed by atoms with van der Waals surface area (Å²) in [6, 6.07) is 3.05. The van der Waals surface area contributed by atoms with Crippen LogP contribution in [-0.2, 0) is 0 Å². The van der Waals surface area contributed by atoms with E-state index in [4.69, 9.17) is 9.72 Å². The fourth-order valence-electron chi connectivity index (χ4n) is 7.25. The van der Waals surface area contributed by atoms with Gasteiger partial charge in [-0.2, -0.15) is 9.97 Å². The predicted octanol–water partition coefficient (Wildman–Crippen LogP) is 4.30. The number of rotatable bonds is 6. The van der Waals surface area contributed by atoms with Gasteiger partial charge in [-0.1, -0.05) is 13.8 Å². The Morgan fingerprint density at radius 2 is 1.87 bits per heavy atom. The molecule has 3 aromatic heterocycles. The molecule has 200 valence electrons.